The number of halogens is 1. The molecule has 2 nitrogen and oxygen atoms in total. The molecule has 1 rings (SSSR count). The van der Waals surface area contributed by atoms with Crippen LogP contribution >= 0.6 is 0 Å². The molecule has 0 spiro atoms. The molecule has 1 aromatic rings. The van der Waals surface area contributed by atoms with E-state index in [1.54, 1.807) is 30.3 Å². The average molecular weight is 180 g/mol. The van der Waals surface area contributed by atoms with Crippen LogP contribution in [0.5, 0.6) is 0 Å². The minimum absolute atomic E-state index is 0.0666. The van der Waals surface area contributed by atoms with Crippen LogP contribution in [0.4, 0.5) is 4.39 Å². The summed E-state index contributed by atoms with van der Waals surface area (Å²) in [5.74, 6) is -0.672. The van der Waals surface area contributed by atoms with Gasteiger partial charge in [-0.3, -0.25) is 0 Å². The van der Waals surface area contributed by atoms with Gasteiger partial charge in [0, 0.05) is 0 Å². The van der Waals surface area contributed by atoms with Crippen LogP contribution in [0.15, 0.2) is 36.7 Å². The van der Waals surface area contributed by atoms with Crippen molar-refractivity contribution in [3.63, 3.8) is 0 Å². The Morgan fingerprint density at radius 2 is 2.00 bits per heavy atom. The van der Waals surface area contributed by atoms with E-state index < -0.39 is 5.97 Å². The lowest BCUT2D eigenvalue weighted by molar-refractivity contribution is -0.133. The van der Waals surface area contributed by atoms with Crippen molar-refractivity contribution in [3.05, 3.63) is 42.2 Å². The summed E-state index contributed by atoms with van der Waals surface area (Å²) in [7, 11) is 1.22. The van der Waals surface area contributed by atoms with Crippen molar-refractivity contribution in [2.45, 2.75) is 0 Å². The van der Waals surface area contributed by atoms with Crippen molar-refractivity contribution in [2.75, 3.05) is 7.11 Å². The minimum atomic E-state index is -0.672. The second-order valence-electron chi connectivity index (χ2n) is 2.38. The van der Waals surface area contributed by atoms with Crippen molar-refractivity contribution in [1.82, 2.24) is 0 Å². The van der Waals surface area contributed by atoms with E-state index in [4.69, 9.17) is 0 Å². The third kappa shape index (κ3) is 2.15. The van der Waals surface area contributed by atoms with E-state index in [1.165, 1.54) is 7.11 Å². The molecule has 68 valence electrons. The van der Waals surface area contributed by atoms with E-state index >= 15 is 0 Å². The monoisotopic (exact) mass is 180 g/mol. The molecule has 0 aliphatic rings. The Hall–Kier alpha value is -1.64. The first-order chi connectivity index (χ1) is 6.29. The van der Waals surface area contributed by atoms with Crippen LogP contribution in [-0.2, 0) is 9.53 Å². The molecule has 0 N–H and O–H groups in total. The van der Waals surface area contributed by atoms with Gasteiger partial charge in [-0.25, -0.2) is 9.18 Å². The lowest BCUT2D eigenvalue weighted by Gasteiger charge is -2.02. The maximum atomic E-state index is 12.3. The van der Waals surface area contributed by atoms with Crippen molar-refractivity contribution >= 4 is 11.5 Å². The molecule has 0 fully saturated rings. The van der Waals surface area contributed by atoms with Gasteiger partial charge in [-0.15, -0.1) is 0 Å². The summed E-state index contributed by atoms with van der Waals surface area (Å²) < 4.78 is 16.7. The van der Waals surface area contributed by atoms with E-state index in [9.17, 15) is 9.18 Å². The van der Waals surface area contributed by atoms with E-state index in [0.717, 1.165) is 0 Å². The van der Waals surface area contributed by atoms with Gasteiger partial charge in [0.15, 0.2) is 0 Å². The Labute approximate surface area is 75.6 Å². The van der Waals surface area contributed by atoms with Gasteiger partial charge in [-0.1, -0.05) is 30.3 Å². The Morgan fingerprint density at radius 3 is 2.46 bits per heavy atom. The fraction of sp³-hybridized carbons (Fsp3) is 0.100. The standard InChI is InChI=1S/C10H9FO2/c1-13-10(12)9(7-11)8-5-3-2-4-6-8/h2-7H,1H3/b9-7-. The normalized spacial score (nSPS) is 11.1. The van der Waals surface area contributed by atoms with Crippen LogP contribution in [0.25, 0.3) is 5.57 Å². The summed E-state index contributed by atoms with van der Waals surface area (Å²) in [6, 6.07) is 8.52. The van der Waals surface area contributed by atoms with Crippen molar-refractivity contribution in [1.29, 1.82) is 0 Å². The largest absolute Gasteiger partial charge is 0.465 e. The predicted molar refractivity (Wildman–Crippen MR) is 47.5 cm³/mol. The third-order valence-corrected chi connectivity index (χ3v) is 1.60. The number of rotatable bonds is 2. The summed E-state index contributed by atoms with van der Waals surface area (Å²) in [5, 5.41) is 0. The lowest BCUT2D eigenvalue weighted by atomic mass is 10.1. The lowest BCUT2D eigenvalue weighted by Crippen LogP contribution is -2.03. The zero-order valence-electron chi connectivity index (χ0n) is 7.16. The second kappa shape index (κ2) is 4.40. The van der Waals surface area contributed by atoms with Crippen LogP contribution in [0, 0.1) is 0 Å². The van der Waals surface area contributed by atoms with Gasteiger partial charge in [-0.05, 0) is 5.56 Å². The van der Waals surface area contributed by atoms with Crippen molar-refractivity contribution in [2.24, 2.45) is 0 Å². The highest BCUT2D eigenvalue weighted by atomic mass is 19.1. The summed E-state index contributed by atoms with van der Waals surface area (Å²) in [5.41, 5.74) is 0.444. The predicted octanol–water partition coefficient (Wildman–Crippen LogP) is 2.17. The zero-order chi connectivity index (χ0) is 9.68. The highest BCUT2D eigenvalue weighted by molar-refractivity contribution is 6.16. The number of carbonyl (C=O) groups excluding carboxylic acids is 1. The average Bonchev–Trinajstić information content (AvgIpc) is 2.20. The molecular weight excluding hydrogens is 171 g/mol. The summed E-state index contributed by atoms with van der Waals surface area (Å²) in [6.07, 6.45) is 0.251. The summed E-state index contributed by atoms with van der Waals surface area (Å²) in [4.78, 5) is 11.0. The first kappa shape index (κ1) is 9.45. The number of esters is 1. The molecule has 13 heavy (non-hydrogen) atoms. The molecule has 1 aromatic carbocycles. The van der Waals surface area contributed by atoms with Crippen LogP contribution in [0.3, 0.4) is 0 Å². The van der Waals surface area contributed by atoms with Gasteiger partial charge in [0.2, 0.25) is 0 Å². The smallest absolute Gasteiger partial charge is 0.340 e. The Balaban J connectivity index is 3.00. The highest BCUT2D eigenvalue weighted by Crippen LogP contribution is 2.15. The Kier molecular flexibility index (Phi) is 3.20. The molecule has 0 aromatic heterocycles. The second-order valence-corrected chi connectivity index (χ2v) is 2.38. The molecule has 3 heteroatoms. The molecule has 0 amide bonds. The number of ether oxygens (including phenoxy) is 1. The third-order valence-electron chi connectivity index (χ3n) is 1.60. The van der Waals surface area contributed by atoms with Crippen LogP contribution in [0.1, 0.15) is 5.56 Å². The number of hydrogen-bond acceptors (Lipinski definition) is 2. The number of methoxy groups -OCH3 is 1. The van der Waals surface area contributed by atoms with Gasteiger partial charge in [-0.2, -0.15) is 0 Å². The molecule has 0 unspecified atom stereocenters. The van der Waals surface area contributed by atoms with Gasteiger partial charge in [0.1, 0.15) is 6.33 Å². The first-order valence-electron chi connectivity index (χ1n) is 3.73. The van der Waals surface area contributed by atoms with Crippen molar-refractivity contribution in [3.8, 4) is 0 Å². The summed E-state index contributed by atoms with van der Waals surface area (Å²) in [6.45, 7) is 0. The minimum Gasteiger partial charge on any atom is -0.465 e. The molecular formula is C10H9FO2. The van der Waals surface area contributed by atoms with E-state index in [1.807, 2.05) is 0 Å². The Morgan fingerprint density at radius 1 is 1.38 bits per heavy atom. The first-order valence-corrected chi connectivity index (χ1v) is 3.73. The van der Waals surface area contributed by atoms with E-state index in [-0.39, 0.29) is 11.9 Å². The summed E-state index contributed by atoms with van der Waals surface area (Å²) >= 11 is 0. The SMILES string of the molecule is COC(=O)/C(=C\F)c1ccccc1. The van der Waals surface area contributed by atoms with E-state index in [2.05, 4.69) is 4.74 Å². The van der Waals surface area contributed by atoms with Crippen LogP contribution in [0.2, 0.25) is 0 Å². The Bertz CT molecular complexity index is 317. The molecule has 0 radical (unpaired) electrons. The van der Waals surface area contributed by atoms with E-state index in [0.29, 0.717) is 5.56 Å². The fourth-order valence-corrected chi connectivity index (χ4v) is 0.953. The molecule has 0 aliphatic carbocycles. The van der Waals surface area contributed by atoms with Gasteiger partial charge < -0.3 is 4.74 Å². The van der Waals surface area contributed by atoms with Crippen molar-refractivity contribution < 1.29 is 13.9 Å². The van der Waals surface area contributed by atoms with Crippen LogP contribution in [-0.4, -0.2) is 13.1 Å². The fourth-order valence-electron chi connectivity index (χ4n) is 0.953. The molecule has 0 aliphatic heterocycles. The van der Waals surface area contributed by atoms with Gasteiger partial charge in [0.25, 0.3) is 0 Å². The number of hydrogen-bond donors (Lipinski definition) is 0. The molecule has 0 atom stereocenters. The topological polar surface area (TPSA) is 26.3 Å². The number of benzene rings is 1. The molecule has 0 saturated heterocycles. The maximum Gasteiger partial charge on any atom is 0.340 e. The number of carbonyl (C=O) groups is 1. The van der Waals surface area contributed by atoms with Gasteiger partial charge >= 0.3 is 5.97 Å². The molecule has 0 heterocycles. The van der Waals surface area contributed by atoms with Crippen LogP contribution < -0.4 is 0 Å². The highest BCUT2D eigenvalue weighted by Gasteiger charge is 2.11. The molecule has 0 bridgehead atoms. The maximum absolute atomic E-state index is 12.3. The van der Waals surface area contributed by atoms with Gasteiger partial charge in [0.05, 0.1) is 12.7 Å². The molecule has 0 saturated carbocycles. The quantitative estimate of drug-likeness (QED) is 0.515. The zero-order valence-corrected chi connectivity index (χ0v) is 7.16.